The average molecular weight is 583 g/mol. The van der Waals surface area contributed by atoms with Gasteiger partial charge in [-0.05, 0) is 105 Å². The van der Waals surface area contributed by atoms with Crippen molar-refractivity contribution < 1.29 is 28.6 Å². The molecule has 2 aliphatic heterocycles. The maximum absolute atomic E-state index is 13.6. The first-order chi connectivity index (χ1) is 19.3. The Morgan fingerprint density at radius 1 is 0.951 bits per heavy atom. The zero-order valence-corrected chi connectivity index (χ0v) is 24.2. The quantitative estimate of drug-likeness (QED) is 0.313. The maximum atomic E-state index is 13.6. The van der Waals surface area contributed by atoms with Gasteiger partial charge in [-0.15, -0.1) is 12.4 Å². The van der Waals surface area contributed by atoms with Crippen molar-refractivity contribution in [2.45, 2.75) is 39.7 Å². The predicted octanol–water partition coefficient (Wildman–Crippen LogP) is 6.43. The monoisotopic (exact) mass is 582 g/mol. The van der Waals surface area contributed by atoms with Gasteiger partial charge in [0.15, 0.2) is 0 Å². The van der Waals surface area contributed by atoms with Gasteiger partial charge in [0, 0.05) is 25.2 Å². The molecule has 2 saturated heterocycles. The number of halogens is 2. The van der Waals surface area contributed by atoms with Crippen molar-refractivity contribution in [1.29, 1.82) is 0 Å². The van der Waals surface area contributed by atoms with E-state index >= 15 is 0 Å². The minimum absolute atomic E-state index is 0. The molecule has 0 saturated carbocycles. The fraction of sp³-hybridized carbons (Fsp3) is 0.375. The molecule has 9 heteroatoms. The van der Waals surface area contributed by atoms with Crippen molar-refractivity contribution >= 4 is 30.0 Å². The number of hydrogen-bond donors (Lipinski definition) is 1. The zero-order valence-electron chi connectivity index (χ0n) is 23.4. The van der Waals surface area contributed by atoms with Gasteiger partial charge in [0.05, 0.1) is 24.3 Å². The van der Waals surface area contributed by atoms with E-state index in [2.05, 4.69) is 17.0 Å². The number of amides is 1. The molecule has 3 aromatic carbocycles. The van der Waals surface area contributed by atoms with Crippen molar-refractivity contribution in [1.82, 2.24) is 4.90 Å². The normalized spacial score (nSPS) is 16.5. The van der Waals surface area contributed by atoms with Gasteiger partial charge in [-0.25, -0.2) is 9.18 Å². The molecule has 41 heavy (non-hydrogen) atoms. The molecule has 2 aliphatic rings. The van der Waals surface area contributed by atoms with Gasteiger partial charge in [0.25, 0.3) is 0 Å². The molecule has 0 atom stereocenters. The fourth-order valence-electron chi connectivity index (χ4n) is 5.87. The van der Waals surface area contributed by atoms with Crippen LogP contribution in [0, 0.1) is 11.2 Å². The summed E-state index contributed by atoms with van der Waals surface area (Å²) in [6.07, 6.45) is 2.33. The summed E-state index contributed by atoms with van der Waals surface area (Å²) in [7, 11) is 0. The smallest absolute Gasteiger partial charge is 0.335 e. The van der Waals surface area contributed by atoms with Crippen LogP contribution in [-0.4, -0.2) is 54.7 Å². The van der Waals surface area contributed by atoms with Gasteiger partial charge in [-0.1, -0.05) is 12.1 Å². The molecule has 1 N–H and O–H groups in total. The number of carbonyl (C=O) groups excluding carboxylic acids is 1. The molecule has 1 spiro atoms. The number of piperidine rings is 1. The van der Waals surface area contributed by atoms with Gasteiger partial charge in [-0.2, -0.15) is 0 Å². The summed E-state index contributed by atoms with van der Waals surface area (Å²) in [6, 6.07) is 17.0. The number of hydrogen-bond acceptors (Lipinski definition) is 5. The Morgan fingerprint density at radius 3 is 2.07 bits per heavy atom. The van der Waals surface area contributed by atoms with Crippen LogP contribution < -0.4 is 14.4 Å². The predicted molar refractivity (Wildman–Crippen MR) is 159 cm³/mol. The number of likely N-dealkylation sites (tertiary alicyclic amines) is 1. The third-order valence-corrected chi connectivity index (χ3v) is 7.93. The highest BCUT2D eigenvalue weighted by molar-refractivity contribution is 5.97. The van der Waals surface area contributed by atoms with E-state index in [9.17, 15) is 14.0 Å². The molecular formula is C32H36ClFN2O5. The summed E-state index contributed by atoms with van der Waals surface area (Å²) in [5.41, 5.74) is 3.64. The van der Waals surface area contributed by atoms with E-state index in [1.165, 1.54) is 12.1 Å². The lowest BCUT2D eigenvalue weighted by atomic mass is 9.77. The molecule has 2 fully saturated rings. The Morgan fingerprint density at radius 2 is 1.54 bits per heavy atom. The first kappa shape index (κ1) is 30.3. The zero-order chi connectivity index (χ0) is 28.3. The van der Waals surface area contributed by atoms with Crippen LogP contribution in [0.3, 0.4) is 0 Å². The maximum Gasteiger partial charge on any atom is 0.335 e. The second kappa shape index (κ2) is 12.9. The largest absolute Gasteiger partial charge is 0.493 e. The van der Waals surface area contributed by atoms with Crippen LogP contribution >= 0.6 is 12.4 Å². The van der Waals surface area contributed by atoms with Crippen LogP contribution in [-0.2, 0) is 11.3 Å². The van der Waals surface area contributed by atoms with E-state index in [0.717, 1.165) is 66.4 Å². The van der Waals surface area contributed by atoms with Crippen LogP contribution in [0.25, 0.3) is 11.1 Å². The highest BCUT2D eigenvalue weighted by Crippen LogP contribution is 2.44. The van der Waals surface area contributed by atoms with Gasteiger partial charge < -0.3 is 19.5 Å². The number of ether oxygens (including phenoxy) is 2. The van der Waals surface area contributed by atoms with Crippen molar-refractivity contribution in [2.24, 2.45) is 5.41 Å². The summed E-state index contributed by atoms with van der Waals surface area (Å²) in [4.78, 5) is 28.3. The minimum atomic E-state index is -0.977. The van der Waals surface area contributed by atoms with Crippen LogP contribution in [0.4, 0.5) is 10.1 Å². The number of aromatic carboxylic acids is 1. The number of benzene rings is 3. The molecule has 0 radical (unpaired) electrons. The number of anilines is 1. The summed E-state index contributed by atoms with van der Waals surface area (Å²) in [5.74, 6) is 0.261. The van der Waals surface area contributed by atoms with Gasteiger partial charge in [0.2, 0.25) is 5.91 Å². The average Bonchev–Trinajstić information content (AvgIpc) is 3.26. The highest BCUT2D eigenvalue weighted by atomic mass is 35.5. The number of carbonyl (C=O) groups is 2. The first-order valence-corrected chi connectivity index (χ1v) is 13.9. The van der Waals surface area contributed by atoms with Crippen molar-refractivity contribution in [3.63, 3.8) is 0 Å². The third-order valence-electron chi connectivity index (χ3n) is 7.93. The fourth-order valence-corrected chi connectivity index (χ4v) is 5.87. The minimum Gasteiger partial charge on any atom is -0.493 e. The van der Waals surface area contributed by atoms with E-state index in [1.54, 1.807) is 41.3 Å². The summed E-state index contributed by atoms with van der Waals surface area (Å²) < 4.78 is 25.7. The van der Waals surface area contributed by atoms with Crippen LogP contribution in [0.15, 0.2) is 60.7 Å². The molecule has 0 unspecified atom stereocenters. The Kier molecular flexibility index (Phi) is 9.56. The van der Waals surface area contributed by atoms with Crippen LogP contribution in [0.5, 0.6) is 11.5 Å². The Balaban J connectivity index is 0.00000387. The van der Waals surface area contributed by atoms with Crippen LogP contribution in [0.1, 0.15) is 49.0 Å². The Labute approximate surface area is 246 Å². The van der Waals surface area contributed by atoms with Crippen molar-refractivity contribution in [3.05, 3.63) is 77.6 Å². The van der Waals surface area contributed by atoms with Gasteiger partial charge >= 0.3 is 5.97 Å². The molecule has 1 amide bonds. The second-order valence-electron chi connectivity index (χ2n) is 10.6. The molecule has 2 heterocycles. The third kappa shape index (κ3) is 6.66. The van der Waals surface area contributed by atoms with E-state index < -0.39 is 5.97 Å². The Bertz CT molecular complexity index is 1340. The van der Waals surface area contributed by atoms with E-state index in [4.69, 9.17) is 14.6 Å². The number of carboxylic acid groups (broad SMARTS) is 1. The lowest BCUT2D eigenvalue weighted by Gasteiger charge is -2.39. The highest BCUT2D eigenvalue weighted by Gasteiger charge is 2.45. The van der Waals surface area contributed by atoms with Gasteiger partial charge in [0.1, 0.15) is 17.3 Å². The van der Waals surface area contributed by atoms with E-state index in [1.807, 2.05) is 13.8 Å². The van der Waals surface area contributed by atoms with Crippen molar-refractivity contribution in [2.75, 3.05) is 37.7 Å². The second-order valence-corrected chi connectivity index (χ2v) is 10.6. The molecule has 7 nitrogen and oxygen atoms in total. The number of carboxylic acids is 1. The van der Waals surface area contributed by atoms with Gasteiger partial charge in [-0.3, -0.25) is 9.69 Å². The van der Waals surface area contributed by atoms with E-state index in [-0.39, 0.29) is 35.1 Å². The first-order valence-electron chi connectivity index (χ1n) is 13.9. The molecule has 0 aromatic heterocycles. The molecule has 5 rings (SSSR count). The number of rotatable bonds is 9. The van der Waals surface area contributed by atoms with E-state index in [0.29, 0.717) is 26.2 Å². The lowest BCUT2D eigenvalue weighted by molar-refractivity contribution is -0.118. The lowest BCUT2D eigenvalue weighted by Crippen LogP contribution is -2.41. The number of nitrogens with zero attached hydrogens (tertiary/aromatic N) is 2. The molecular weight excluding hydrogens is 547 g/mol. The Hall–Kier alpha value is -3.62. The molecule has 218 valence electrons. The molecule has 0 bridgehead atoms. The topological polar surface area (TPSA) is 79.3 Å². The van der Waals surface area contributed by atoms with Crippen LogP contribution in [0.2, 0.25) is 0 Å². The summed E-state index contributed by atoms with van der Waals surface area (Å²) in [6.45, 7) is 8.00. The summed E-state index contributed by atoms with van der Waals surface area (Å²) in [5, 5.41) is 9.17. The standard InChI is InChI=1S/C32H35FN2O5.ClH/c1-3-39-27-17-22(18-28(40-4-2)30(27)23-5-9-25(33)10-6-23)20-34-15-13-32(14-16-34)19-29(36)35(21-32)26-11-7-24(8-12-26)31(37)38;/h5-12,17-18H,3-4,13-16,19-21H2,1-2H3,(H,37,38);1H. The molecule has 0 aliphatic carbocycles. The SMILES string of the molecule is CCOc1cc(CN2CCC3(CC2)CC(=O)N(c2ccc(C(=O)O)cc2)C3)cc(OCC)c1-c1ccc(F)cc1.Cl. The van der Waals surface area contributed by atoms with Crippen molar-refractivity contribution in [3.8, 4) is 22.6 Å². The molecule has 3 aromatic rings. The summed E-state index contributed by atoms with van der Waals surface area (Å²) >= 11 is 0.